The van der Waals surface area contributed by atoms with E-state index >= 15 is 0 Å². The van der Waals surface area contributed by atoms with Crippen molar-refractivity contribution in [1.82, 2.24) is 5.01 Å². The van der Waals surface area contributed by atoms with E-state index in [0.717, 1.165) is 9.80 Å². The van der Waals surface area contributed by atoms with Crippen LogP contribution in [0.15, 0.2) is 57.7 Å². The average molecular weight is 460 g/mol. The van der Waals surface area contributed by atoms with E-state index in [9.17, 15) is 14.4 Å². The van der Waals surface area contributed by atoms with Gasteiger partial charge in [0.05, 0.1) is 17.8 Å². The number of nitrogens with one attached hydrogen (secondary N) is 1. The Bertz CT molecular complexity index is 1090. The molecule has 0 spiro atoms. The predicted molar refractivity (Wildman–Crippen MR) is 116 cm³/mol. The molecule has 11 heteroatoms. The number of amides is 3. The van der Waals surface area contributed by atoms with Gasteiger partial charge in [-0.3, -0.25) is 19.4 Å². The molecule has 0 aliphatic carbocycles. The van der Waals surface area contributed by atoms with Crippen molar-refractivity contribution in [2.45, 2.75) is 17.0 Å². The van der Waals surface area contributed by atoms with E-state index in [1.807, 2.05) is 24.5 Å². The first-order valence-electron chi connectivity index (χ1n) is 9.25. The molecular weight excluding hydrogens is 442 g/mol. The highest BCUT2D eigenvalue weighted by molar-refractivity contribution is 7.98. The summed E-state index contributed by atoms with van der Waals surface area (Å²) < 4.78 is 5.11. The quantitative estimate of drug-likeness (QED) is 0.526. The molecule has 0 radical (unpaired) electrons. The van der Waals surface area contributed by atoms with Crippen LogP contribution in [0.4, 0.5) is 11.4 Å². The van der Waals surface area contributed by atoms with E-state index in [0.29, 0.717) is 17.1 Å². The van der Waals surface area contributed by atoms with Crippen molar-refractivity contribution in [1.29, 1.82) is 0 Å². The smallest absolute Gasteiger partial charge is 0.263 e. The third kappa shape index (κ3) is 3.96. The molecule has 9 nitrogen and oxygen atoms in total. The number of rotatable bonds is 6. The summed E-state index contributed by atoms with van der Waals surface area (Å²) in [5, 5.41) is 12.1. The molecule has 0 bridgehead atoms. The number of anilines is 2. The zero-order chi connectivity index (χ0) is 22.1. The minimum Gasteiger partial charge on any atom is -0.495 e. The van der Waals surface area contributed by atoms with Gasteiger partial charge in [0, 0.05) is 10.6 Å². The fourth-order valence-corrected chi connectivity index (χ4v) is 4.16. The van der Waals surface area contributed by atoms with Crippen LogP contribution in [0.5, 0.6) is 5.75 Å². The molecule has 4 rings (SSSR count). The highest BCUT2D eigenvalue weighted by atomic mass is 35.5. The molecule has 1 N–H and O–H groups in total. The number of carbonyl (C=O) groups excluding carboxylic acids is 3. The largest absolute Gasteiger partial charge is 0.495 e. The van der Waals surface area contributed by atoms with Crippen molar-refractivity contribution in [2.75, 3.05) is 30.1 Å². The summed E-state index contributed by atoms with van der Waals surface area (Å²) in [6.45, 7) is -0.218. The van der Waals surface area contributed by atoms with Gasteiger partial charge in [0.15, 0.2) is 12.1 Å². The summed E-state index contributed by atoms with van der Waals surface area (Å²) in [6, 6.07) is 10.0. The molecule has 3 amide bonds. The van der Waals surface area contributed by atoms with Crippen molar-refractivity contribution in [3.8, 4) is 5.75 Å². The summed E-state index contributed by atoms with van der Waals surface area (Å²) in [5.41, 5.74) is 0.941. The van der Waals surface area contributed by atoms with Gasteiger partial charge in [-0.15, -0.1) is 11.8 Å². The van der Waals surface area contributed by atoms with Gasteiger partial charge < -0.3 is 10.1 Å². The van der Waals surface area contributed by atoms with Crippen molar-refractivity contribution in [3.63, 3.8) is 0 Å². The number of hydrogen-bond donors (Lipinski definition) is 1. The topological polar surface area (TPSA) is 104 Å². The molecule has 0 unspecified atom stereocenters. The number of ether oxygens (including phenoxy) is 1. The van der Waals surface area contributed by atoms with Crippen LogP contribution in [0.1, 0.15) is 0 Å². The Morgan fingerprint density at radius 2 is 2.03 bits per heavy atom. The second-order valence-corrected chi connectivity index (χ2v) is 8.09. The Morgan fingerprint density at radius 1 is 1.23 bits per heavy atom. The molecule has 31 heavy (non-hydrogen) atoms. The molecule has 0 aromatic heterocycles. The van der Waals surface area contributed by atoms with Crippen LogP contribution in [0, 0.1) is 0 Å². The lowest BCUT2D eigenvalue weighted by Gasteiger charge is -2.20. The van der Waals surface area contributed by atoms with Crippen LogP contribution < -0.4 is 15.0 Å². The third-order valence-electron chi connectivity index (χ3n) is 4.91. The molecule has 2 aliphatic heterocycles. The number of nitrogens with zero attached hydrogens (tertiary/aromatic N) is 4. The molecule has 0 saturated carbocycles. The van der Waals surface area contributed by atoms with Gasteiger partial charge in [-0.05, 0) is 42.7 Å². The summed E-state index contributed by atoms with van der Waals surface area (Å²) >= 11 is 7.70. The van der Waals surface area contributed by atoms with Crippen LogP contribution in [0.25, 0.3) is 0 Å². The predicted octanol–water partition coefficient (Wildman–Crippen LogP) is 3.00. The first-order chi connectivity index (χ1) is 14.9. The van der Waals surface area contributed by atoms with Gasteiger partial charge in [-0.2, -0.15) is 5.11 Å². The van der Waals surface area contributed by atoms with E-state index in [4.69, 9.17) is 16.3 Å². The first-order valence-corrected chi connectivity index (χ1v) is 10.9. The number of carbonyl (C=O) groups is 3. The number of fused-ring (bicyclic) bond motifs is 1. The second-order valence-electron chi connectivity index (χ2n) is 6.80. The maximum atomic E-state index is 13.0. The maximum Gasteiger partial charge on any atom is 0.263 e. The minimum atomic E-state index is -0.999. The molecule has 2 aliphatic rings. The maximum absolute atomic E-state index is 13.0. The number of benzene rings is 2. The van der Waals surface area contributed by atoms with Crippen molar-refractivity contribution >= 4 is 52.5 Å². The molecule has 1 fully saturated rings. The molecule has 2 atom stereocenters. The van der Waals surface area contributed by atoms with Crippen LogP contribution in [0.2, 0.25) is 5.02 Å². The van der Waals surface area contributed by atoms with Gasteiger partial charge >= 0.3 is 0 Å². The summed E-state index contributed by atoms with van der Waals surface area (Å²) in [7, 11) is 1.47. The zero-order valence-corrected chi connectivity index (χ0v) is 18.2. The molecule has 1 saturated heterocycles. The van der Waals surface area contributed by atoms with Crippen molar-refractivity contribution in [3.05, 3.63) is 47.5 Å². The van der Waals surface area contributed by atoms with E-state index in [-0.39, 0.29) is 17.5 Å². The Hall–Kier alpha value is -3.11. The lowest BCUT2D eigenvalue weighted by atomic mass is 10.1. The molecule has 160 valence electrons. The number of halogens is 1. The average Bonchev–Trinajstić information content (AvgIpc) is 3.27. The highest BCUT2D eigenvalue weighted by Gasteiger charge is 2.55. The van der Waals surface area contributed by atoms with E-state index < -0.39 is 23.9 Å². The molecule has 2 aromatic carbocycles. The first kappa shape index (κ1) is 21.1. The Kier molecular flexibility index (Phi) is 5.84. The minimum absolute atomic E-state index is 0.218. The normalized spacial score (nSPS) is 19.7. The van der Waals surface area contributed by atoms with Crippen molar-refractivity contribution < 1.29 is 19.1 Å². The van der Waals surface area contributed by atoms with Crippen molar-refractivity contribution in [2.24, 2.45) is 10.3 Å². The van der Waals surface area contributed by atoms with Crippen LogP contribution in [-0.2, 0) is 14.4 Å². The third-order valence-corrected chi connectivity index (χ3v) is 5.93. The molecular formula is C20H18ClN5O4S. The lowest BCUT2D eigenvalue weighted by molar-refractivity contribution is -0.123. The van der Waals surface area contributed by atoms with E-state index in [1.54, 1.807) is 30.0 Å². The zero-order valence-electron chi connectivity index (χ0n) is 16.6. The van der Waals surface area contributed by atoms with Gasteiger partial charge in [-0.25, -0.2) is 4.90 Å². The second kappa shape index (κ2) is 8.56. The Balaban J connectivity index is 1.49. The van der Waals surface area contributed by atoms with Gasteiger partial charge in [0.2, 0.25) is 5.91 Å². The van der Waals surface area contributed by atoms with E-state index in [1.165, 1.54) is 18.2 Å². The number of hydrogen-bond acceptors (Lipinski definition) is 8. The fourth-order valence-electron chi connectivity index (χ4n) is 3.45. The van der Waals surface area contributed by atoms with Gasteiger partial charge in [0.25, 0.3) is 11.8 Å². The molecule has 2 heterocycles. The standard InChI is InChI=1S/C20H18ClN5O4S/c1-30-15-7-6-12(9-14(15)21)26-19(28)17-18(20(26)29)25(24-23-17)10-16(27)22-11-4-3-5-13(8-11)31-2/h3-9,17-18H,10H2,1-2H3,(H,22,27)/t17-,18+/m0/s1. The fraction of sp³-hybridized carbons (Fsp3) is 0.250. The van der Waals surface area contributed by atoms with Crippen LogP contribution in [-0.4, -0.2) is 54.7 Å². The Morgan fingerprint density at radius 3 is 2.74 bits per heavy atom. The molecule has 2 aromatic rings. The SMILES string of the molecule is COc1ccc(N2C(=O)[C@H]3N=NN(CC(=O)Nc4cccc(SC)c4)[C@H]3C2=O)cc1Cl. The summed E-state index contributed by atoms with van der Waals surface area (Å²) in [4.78, 5) is 40.4. The van der Waals surface area contributed by atoms with Crippen LogP contribution >= 0.6 is 23.4 Å². The monoisotopic (exact) mass is 459 g/mol. The summed E-state index contributed by atoms with van der Waals surface area (Å²) in [6.07, 6.45) is 1.94. The highest BCUT2D eigenvalue weighted by Crippen LogP contribution is 2.35. The number of thioether (sulfide) groups is 1. The Labute approximate surface area is 187 Å². The van der Waals surface area contributed by atoms with Gasteiger partial charge in [0.1, 0.15) is 12.3 Å². The van der Waals surface area contributed by atoms with Crippen LogP contribution in [0.3, 0.4) is 0 Å². The van der Waals surface area contributed by atoms with E-state index in [2.05, 4.69) is 15.7 Å². The number of imide groups is 1. The number of methoxy groups -OCH3 is 1. The van der Waals surface area contributed by atoms with Gasteiger partial charge in [-0.1, -0.05) is 22.9 Å². The summed E-state index contributed by atoms with van der Waals surface area (Å²) in [5.74, 6) is -0.980. The lowest BCUT2D eigenvalue weighted by Crippen LogP contribution is -2.43.